The first-order valence-corrected chi connectivity index (χ1v) is 20.0. The molecule has 3 heterocycles. The molecule has 278 valence electrons. The summed E-state index contributed by atoms with van der Waals surface area (Å²) in [7, 11) is 0. The van der Waals surface area contributed by atoms with Gasteiger partial charge in [-0.2, -0.15) is 0 Å². The number of fused-ring (bicyclic) bond motifs is 7. The Kier molecular flexibility index (Phi) is 8.06. The SMILES string of the molecule is C#C/C=C\c1c(C)c2ccccc2n1-c1ccc(N(c2ccc(-n3c4ccccc4c4ccccc43)cc2)c2ccc(-n3c4ccccc4c4ccccc43)cc2)cc1. The zero-order valence-electron chi connectivity index (χ0n) is 32.5. The van der Waals surface area contributed by atoms with Gasteiger partial charge in [-0.05, 0) is 128 Å². The molecule has 0 amide bonds. The van der Waals surface area contributed by atoms with Crippen LogP contribution < -0.4 is 4.90 Å². The average molecular weight is 755 g/mol. The second kappa shape index (κ2) is 13.9. The predicted octanol–water partition coefficient (Wildman–Crippen LogP) is 14.2. The van der Waals surface area contributed by atoms with Crippen LogP contribution in [-0.2, 0) is 0 Å². The molecule has 4 heteroatoms. The Labute approximate surface area is 342 Å². The molecule has 0 atom stereocenters. The first kappa shape index (κ1) is 34.3. The molecule has 0 aliphatic rings. The zero-order chi connectivity index (χ0) is 39.5. The molecule has 0 spiro atoms. The average Bonchev–Trinajstić information content (AvgIpc) is 3.92. The minimum atomic E-state index is 1.05. The van der Waals surface area contributed by atoms with Gasteiger partial charge in [0.2, 0.25) is 0 Å². The quantitative estimate of drug-likeness (QED) is 0.148. The maximum atomic E-state index is 5.69. The van der Waals surface area contributed by atoms with Gasteiger partial charge in [-0.3, -0.25) is 0 Å². The Balaban J connectivity index is 1.05. The molecule has 0 radical (unpaired) electrons. The number of benzene rings is 8. The van der Waals surface area contributed by atoms with E-state index < -0.39 is 0 Å². The summed E-state index contributed by atoms with van der Waals surface area (Å²) in [4.78, 5) is 2.34. The fraction of sp³-hybridized carbons (Fsp3) is 0.0182. The fourth-order valence-corrected chi connectivity index (χ4v) is 9.13. The molecule has 0 bridgehead atoms. The van der Waals surface area contributed by atoms with Gasteiger partial charge in [0.25, 0.3) is 0 Å². The van der Waals surface area contributed by atoms with Crippen LogP contribution in [-0.4, -0.2) is 13.7 Å². The van der Waals surface area contributed by atoms with Crippen LogP contribution in [0.5, 0.6) is 0 Å². The normalized spacial score (nSPS) is 11.7. The lowest BCUT2D eigenvalue weighted by Crippen LogP contribution is -2.10. The van der Waals surface area contributed by atoms with Gasteiger partial charge < -0.3 is 18.6 Å². The van der Waals surface area contributed by atoms with Crippen LogP contribution in [0.1, 0.15) is 11.3 Å². The van der Waals surface area contributed by atoms with Crippen LogP contribution in [0.2, 0.25) is 0 Å². The highest BCUT2D eigenvalue weighted by Crippen LogP contribution is 2.40. The molecule has 0 saturated carbocycles. The van der Waals surface area contributed by atoms with Crippen LogP contribution in [0.4, 0.5) is 17.1 Å². The Hall–Kier alpha value is -8.00. The van der Waals surface area contributed by atoms with Crippen molar-refractivity contribution in [1.29, 1.82) is 0 Å². The van der Waals surface area contributed by atoms with Gasteiger partial charge in [0.1, 0.15) is 0 Å². The van der Waals surface area contributed by atoms with Crippen molar-refractivity contribution in [3.8, 4) is 29.4 Å². The molecule has 8 aromatic carbocycles. The largest absolute Gasteiger partial charge is 0.310 e. The van der Waals surface area contributed by atoms with Gasteiger partial charge in [-0.25, -0.2) is 0 Å². The van der Waals surface area contributed by atoms with Crippen molar-refractivity contribution in [1.82, 2.24) is 13.7 Å². The summed E-state index contributed by atoms with van der Waals surface area (Å²) in [6.45, 7) is 2.16. The van der Waals surface area contributed by atoms with E-state index in [1.54, 1.807) is 6.08 Å². The van der Waals surface area contributed by atoms with Crippen LogP contribution in [0.3, 0.4) is 0 Å². The van der Waals surface area contributed by atoms with E-state index in [-0.39, 0.29) is 0 Å². The van der Waals surface area contributed by atoms with Gasteiger partial charge in [-0.1, -0.05) is 96.9 Å². The number of nitrogens with zero attached hydrogens (tertiary/aromatic N) is 4. The molecule has 59 heavy (non-hydrogen) atoms. The molecule has 11 aromatic rings. The van der Waals surface area contributed by atoms with Gasteiger partial charge in [-0.15, -0.1) is 6.42 Å². The van der Waals surface area contributed by atoms with E-state index in [2.05, 4.69) is 226 Å². The van der Waals surface area contributed by atoms with E-state index in [0.29, 0.717) is 0 Å². The molecule has 4 nitrogen and oxygen atoms in total. The van der Waals surface area contributed by atoms with Crippen molar-refractivity contribution in [3.05, 3.63) is 211 Å². The van der Waals surface area contributed by atoms with Crippen molar-refractivity contribution < 1.29 is 0 Å². The van der Waals surface area contributed by atoms with E-state index >= 15 is 0 Å². The first-order valence-electron chi connectivity index (χ1n) is 20.0. The van der Waals surface area contributed by atoms with Gasteiger partial charge in [0, 0.05) is 61.1 Å². The molecular weight excluding hydrogens is 717 g/mol. The van der Waals surface area contributed by atoms with E-state index in [4.69, 9.17) is 6.42 Å². The van der Waals surface area contributed by atoms with E-state index in [1.807, 2.05) is 6.08 Å². The van der Waals surface area contributed by atoms with Crippen molar-refractivity contribution in [2.75, 3.05) is 4.90 Å². The monoisotopic (exact) mass is 754 g/mol. The third-order valence-electron chi connectivity index (χ3n) is 11.8. The topological polar surface area (TPSA) is 18.0 Å². The van der Waals surface area contributed by atoms with Crippen molar-refractivity contribution in [2.24, 2.45) is 0 Å². The summed E-state index contributed by atoms with van der Waals surface area (Å²) < 4.78 is 7.03. The lowest BCUT2D eigenvalue weighted by molar-refractivity contribution is 1.09. The summed E-state index contributed by atoms with van der Waals surface area (Å²) in [5.41, 5.74) is 14.7. The Bertz CT molecular complexity index is 3180. The highest BCUT2D eigenvalue weighted by Gasteiger charge is 2.19. The number of hydrogen-bond acceptors (Lipinski definition) is 1. The molecule has 0 aliphatic heterocycles. The molecule has 3 aromatic heterocycles. The predicted molar refractivity (Wildman–Crippen MR) is 249 cm³/mol. The number of rotatable bonds is 7. The maximum Gasteiger partial charge on any atom is 0.0541 e. The summed E-state index contributed by atoms with van der Waals surface area (Å²) >= 11 is 0. The number of anilines is 3. The van der Waals surface area contributed by atoms with Crippen molar-refractivity contribution in [2.45, 2.75) is 6.92 Å². The third-order valence-corrected chi connectivity index (χ3v) is 11.8. The van der Waals surface area contributed by atoms with Gasteiger partial charge >= 0.3 is 0 Å². The molecule has 0 unspecified atom stereocenters. The maximum absolute atomic E-state index is 5.69. The molecule has 0 aliphatic carbocycles. The van der Waals surface area contributed by atoms with Gasteiger partial charge in [0.15, 0.2) is 0 Å². The number of aromatic nitrogens is 3. The van der Waals surface area contributed by atoms with E-state index in [9.17, 15) is 0 Å². The Morgan fingerprint density at radius 3 is 1.05 bits per heavy atom. The summed E-state index contributed by atoms with van der Waals surface area (Å²) in [5, 5.41) is 6.21. The highest BCUT2D eigenvalue weighted by atomic mass is 15.1. The minimum absolute atomic E-state index is 1.05. The summed E-state index contributed by atoms with van der Waals surface area (Å²) in [6.07, 6.45) is 9.50. The molecule has 0 N–H and O–H groups in total. The smallest absolute Gasteiger partial charge is 0.0541 e. The standard InChI is InChI=1S/C55H38N4/c1-3-4-20-50-38(2)45-15-5-10-21-51(45)57(50)42-32-26-39(27-33-42)56(40-28-34-43(35-29-40)58-52-22-11-6-16-46(52)47-17-7-12-23-53(47)58)41-30-36-44(37-31-41)59-54-24-13-8-18-48(54)49-19-9-14-25-55(49)59/h1,4-37H,2H3/b20-4-. The van der Waals surface area contributed by atoms with E-state index in [0.717, 1.165) is 45.3 Å². The zero-order valence-corrected chi connectivity index (χ0v) is 32.5. The molecule has 0 saturated heterocycles. The van der Waals surface area contributed by atoms with Crippen LogP contribution in [0, 0.1) is 19.3 Å². The number of terminal acetylenes is 1. The first-order chi connectivity index (χ1) is 29.2. The molecular formula is C55H38N4. The summed E-state index contributed by atoms with van der Waals surface area (Å²) in [5.74, 6) is 2.68. The number of para-hydroxylation sites is 5. The second-order valence-electron chi connectivity index (χ2n) is 15.0. The van der Waals surface area contributed by atoms with Crippen LogP contribution in [0.25, 0.3) is 77.7 Å². The minimum Gasteiger partial charge on any atom is -0.310 e. The van der Waals surface area contributed by atoms with Crippen LogP contribution in [0.15, 0.2) is 200 Å². The van der Waals surface area contributed by atoms with Crippen LogP contribution >= 0.6 is 0 Å². The Morgan fingerprint density at radius 1 is 0.390 bits per heavy atom. The summed E-state index contributed by atoms with van der Waals surface area (Å²) in [6, 6.07) is 69.9. The molecule has 11 rings (SSSR count). The Morgan fingerprint density at radius 2 is 0.695 bits per heavy atom. The van der Waals surface area contributed by atoms with Crippen molar-refractivity contribution >= 4 is 77.7 Å². The number of hydrogen-bond donors (Lipinski definition) is 0. The second-order valence-corrected chi connectivity index (χ2v) is 15.0. The fourth-order valence-electron chi connectivity index (χ4n) is 9.13. The number of allylic oxidation sites excluding steroid dienone is 1. The lowest BCUT2D eigenvalue weighted by atomic mass is 10.1. The lowest BCUT2D eigenvalue weighted by Gasteiger charge is -2.26. The van der Waals surface area contributed by atoms with E-state index in [1.165, 1.54) is 54.6 Å². The highest BCUT2D eigenvalue weighted by molar-refractivity contribution is 6.10. The molecule has 0 fully saturated rings. The third kappa shape index (κ3) is 5.48. The van der Waals surface area contributed by atoms with Gasteiger partial charge in [0.05, 0.1) is 33.3 Å². The number of aryl methyl sites for hydroxylation is 1. The van der Waals surface area contributed by atoms with Crippen molar-refractivity contribution in [3.63, 3.8) is 0 Å².